The molecule has 3 aromatic rings. The van der Waals surface area contributed by atoms with Gasteiger partial charge < -0.3 is 15.1 Å². The highest BCUT2D eigenvalue weighted by Crippen LogP contribution is 2.29. The first-order valence-electron chi connectivity index (χ1n) is 13.0. The smallest absolute Gasteiger partial charge is 0.260 e. The molecule has 38 heavy (non-hydrogen) atoms. The van der Waals surface area contributed by atoms with Gasteiger partial charge in [0.25, 0.3) is 5.91 Å². The average Bonchev–Trinajstić information content (AvgIpc) is 3.35. The van der Waals surface area contributed by atoms with Gasteiger partial charge in [-0.15, -0.1) is 0 Å². The third-order valence-corrected chi connectivity index (χ3v) is 7.47. The average molecular weight is 515 g/mol. The molecular formula is C29H31FN6O2. The molecule has 2 atom stereocenters. The number of anilines is 2. The molecule has 2 amide bonds. The number of amides is 2. The molecule has 1 unspecified atom stereocenters. The number of para-hydroxylation sites is 1. The molecule has 1 N–H and O–H groups in total. The van der Waals surface area contributed by atoms with Gasteiger partial charge in [0.2, 0.25) is 5.91 Å². The van der Waals surface area contributed by atoms with Crippen molar-refractivity contribution in [2.45, 2.75) is 37.5 Å². The number of alkyl halides is 1. The van der Waals surface area contributed by atoms with Crippen LogP contribution in [0.5, 0.6) is 0 Å². The summed E-state index contributed by atoms with van der Waals surface area (Å²) in [5.74, 6) is -0.305. The first-order valence-corrected chi connectivity index (χ1v) is 13.0. The molecule has 0 spiro atoms. The lowest BCUT2D eigenvalue weighted by Gasteiger charge is -2.33. The van der Waals surface area contributed by atoms with Crippen LogP contribution >= 0.6 is 0 Å². The largest absolute Gasteiger partial charge is 0.382 e. The van der Waals surface area contributed by atoms with Crippen molar-refractivity contribution in [3.63, 3.8) is 0 Å². The Morgan fingerprint density at radius 1 is 1.13 bits per heavy atom. The minimum absolute atomic E-state index is 0.00975. The lowest BCUT2D eigenvalue weighted by Crippen LogP contribution is -2.46. The highest BCUT2D eigenvalue weighted by Gasteiger charge is 2.36. The lowest BCUT2D eigenvalue weighted by molar-refractivity contribution is -0.132. The number of rotatable bonds is 6. The molecular weight excluding hydrogens is 483 g/mol. The molecule has 196 valence electrons. The van der Waals surface area contributed by atoms with Crippen molar-refractivity contribution < 1.29 is 14.0 Å². The number of halogens is 1. The number of hydrogen-bond donors (Lipinski definition) is 1. The number of nitrogens with zero attached hydrogens (tertiary/aromatic N) is 5. The number of piperidine rings is 1. The van der Waals surface area contributed by atoms with E-state index in [2.05, 4.69) is 15.2 Å². The second kappa shape index (κ2) is 11.2. The standard InChI is InChI=1S/C29H31FN6O2/c1-34(22-6-3-2-4-7-22)29(38)25-9-10-26(24-8-5-13-32-28(24)25)33-21-11-14-35(15-12-21)19-27(37)36-18-20(30)16-23(36)17-31/h2-10,13,20-21,23,33H,11-12,14-16,18-19H2,1H3/t20-,23?/m0/s1. The van der Waals surface area contributed by atoms with Crippen LogP contribution in [0.25, 0.3) is 10.9 Å². The fourth-order valence-electron chi connectivity index (χ4n) is 5.34. The van der Waals surface area contributed by atoms with Gasteiger partial charge >= 0.3 is 0 Å². The molecule has 2 aliphatic rings. The number of aromatic nitrogens is 1. The fourth-order valence-corrected chi connectivity index (χ4v) is 5.34. The molecule has 2 aromatic carbocycles. The van der Waals surface area contributed by atoms with Crippen LogP contribution in [0.1, 0.15) is 29.6 Å². The predicted octanol–water partition coefficient (Wildman–Crippen LogP) is 3.85. The van der Waals surface area contributed by atoms with Gasteiger partial charge in [0.15, 0.2) is 0 Å². The van der Waals surface area contributed by atoms with Crippen molar-refractivity contribution >= 4 is 34.1 Å². The van der Waals surface area contributed by atoms with Crippen LogP contribution in [0.3, 0.4) is 0 Å². The normalized spacial score (nSPS) is 20.3. The van der Waals surface area contributed by atoms with E-state index in [1.54, 1.807) is 18.1 Å². The van der Waals surface area contributed by atoms with Gasteiger partial charge in [-0.2, -0.15) is 5.26 Å². The number of fused-ring (bicyclic) bond motifs is 1. The van der Waals surface area contributed by atoms with E-state index in [4.69, 9.17) is 0 Å². The quantitative estimate of drug-likeness (QED) is 0.537. The van der Waals surface area contributed by atoms with E-state index >= 15 is 0 Å². The van der Waals surface area contributed by atoms with E-state index in [1.165, 1.54) is 4.90 Å². The molecule has 5 rings (SSSR count). The molecule has 2 fully saturated rings. The zero-order valence-electron chi connectivity index (χ0n) is 21.4. The summed E-state index contributed by atoms with van der Waals surface area (Å²) < 4.78 is 13.7. The van der Waals surface area contributed by atoms with Crippen LogP contribution < -0.4 is 10.2 Å². The third kappa shape index (κ3) is 5.31. The summed E-state index contributed by atoms with van der Waals surface area (Å²) in [6, 6.07) is 18.7. The number of nitriles is 1. The van der Waals surface area contributed by atoms with Gasteiger partial charge in [-0.25, -0.2) is 4.39 Å². The van der Waals surface area contributed by atoms with Crippen LogP contribution in [0.2, 0.25) is 0 Å². The Morgan fingerprint density at radius 3 is 2.63 bits per heavy atom. The number of benzene rings is 2. The Hall–Kier alpha value is -4.03. The van der Waals surface area contributed by atoms with Crippen LogP contribution in [0.15, 0.2) is 60.8 Å². The Kier molecular flexibility index (Phi) is 7.52. The zero-order valence-corrected chi connectivity index (χ0v) is 21.4. The van der Waals surface area contributed by atoms with Crippen molar-refractivity contribution in [3.8, 4) is 6.07 Å². The number of hydrogen-bond acceptors (Lipinski definition) is 6. The van der Waals surface area contributed by atoms with Crippen molar-refractivity contribution in [1.82, 2.24) is 14.8 Å². The van der Waals surface area contributed by atoms with Crippen LogP contribution in [-0.2, 0) is 4.79 Å². The molecule has 0 radical (unpaired) electrons. The molecule has 3 heterocycles. The van der Waals surface area contributed by atoms with E-state index in [0.717, 1.165) is 42.7 Å². The van der Waals surface area contributed by atoms with E-state index in [-0.39, 0.29) is 37.4 Å². The topological polar surface area (TPSA) is 92.6 Å². The fraction of sp³-hybridized carbons (Fsp3) is 0.379. The Morgan fingerprint density at radius 2 is 1.89 bits per heavy atom. The number of nitrogens with one attached hydrogen (secondary N) is 1. The number of carbonyl (C=O) groups excluding carboxylic acids is 2. The van der Waals surface area contributed by atoms with Crippen LogP contribution in [-0.4, -0.2) is 78.1 Å². The molecule has 0 saturated carbocycles. The minimum Gasteiger partial charge on any atom is -0.382 e. The van der Waals surface area contributed by atoms with E-state index < -0.39 is 12.2 Å². The predicted molar refractivity (Wildman–Crippen MR) is 145 cm³/mol. The second-order valence-corrected chi connectivity index (χ2v) is 9.98. The van der Waals surface area contributed by atoms with Gasteiger partial charge in [-0.1, -0.05) is 18.2 Å². The summed E-state index contributed by atoms with van der Waals surface area (Å²) >= 11 is 0. The first kappa shape index (κ1) is 25.6. The first-order chi connectivity index (χ1) is 18.4. The van der Waals surface area contributed by atoms with Crippen molar-refractivity contribution in [2.24, 2.45) is 0 Å². The Labute approximate surface area is 221 Å². The molecule has 0 bridgehead atoms. The van der Waals surface area contributed by atoms with Crippen LogP contribution in [0, 0.1) is 11.3 Å². The molecule has 8 nitrogen and oxygen atoms in total. The van der Waals surface area contributed by atoms with Crippen molar-refractivity contribution in [2.75, 3.05) is 43.4 Å². The third-order valence-electron chi connectivity index (χ3n) is 7.47. The highest BCUT2D eigenvalue weighted by atomic mass is 19.1. The van der Waals surface area contributed by atoms with E-state index in [0.29, 0.717) is 11.1 Å². The second-order valence-electron chi connectivity index (χ2n) is 9.98. The van der Waals surface area contributed by atoms with Gasteiger partial charge in [0.05, 0.1) is 30.2 Å². The van der Waals surface area contributed by atoms with E-state index in [1.807, 2.05) is 60.7 Å². The van der Waals surface area contributed by atoms with Crippen molar-refractivity contribution in [3.05, 3.63) is 66.4 Å². The summed E-state index contributed by atoms with van der Waals surface area (Å²) in [4.78, 5) is 35.6. The molecule has 0 aliphatic carbocycles. The van der Waals surface area contributed by atoms with Crippen LogP contribution in [0.4, 0.5) is 15.8 Å². The number of carbonyl (C=O) groups is 2. The van der Waals surface area contributed by atoms with Gasteiger partial charge in [-0.3, -0.25) is 19.5 Å². The molecule has 2 saturated heterocycles. The van der Waals surface area contributed by atoms with Gasteiger partial charge in [0, 0.05) is 55.6 Å². The highest BCUT2D eigenvalue weighted by molar-refractivity contribution is 6.14. The Bertz CT molecular complexity index is 1350. The minimum atomic E-state index is -1.12. The SMILES string of the molecule is CN(C(=O)c1ccc(NC2CCN(CC(=O)N3C[C@@H](F)CC3C#N)CC2)c2cccnc12)c1ccccc1. The summed E-state index contributed by atoms with van der Waals surface area (Å²) in [7, 11) is 1.76. The van der Waals surface area contributed by atoms with Gasteiger partial charge in [-0.05, 0) is 49.2 Å². The summed E-state index contributed by atoms with van der Waals surface area (Å²) in [6.45, 7) is 1.66. The van der Waals surface area contributed by atoms with E-state index in [9.17, 15) is 19.2 Å². The van der Waals surface area contributed by atoms with Crippen molar-refractivity contribution in [1.29, 1.82) is 5.26 Å². The maximum Gasteiger partial charge on any atom is 0.260 e. The lowest BCUT2D eigenvalue weighted by atomic mass is 10.0. The summed E-state index contributed by atoms with van der Waals surface area (Å²) in [5, 5.41) is 13.7. The summed E-state index contributed by atoms with van der Waals surface area (Å²) in [5.41, 5.74) is 2.92. The zero-order chi connectivity index (χ0) is 26.6. The number of pyridine rings is 1. The number of likely N-dealkylation sites (tertiary alicyclic amines) is 2. The maximum absolute atomic E-state index is 13.7. The Balaban J connectivity index is 1.23. The summed E-state index contributed by atoms with van der Waals surface area (Å²) in [6.07, 6.45) is 2.34. The van der Waals surface area contributed by atoms with Gasteiger partial charge in [0.1, 0.15) is 12.2 Å². The monoisotopic (exact) mass is 514 g/mol. The molecule has 2 aliphatic heterocycles. The molecule has 9 heteroatoms. The molecule has 1 aromatic heterocycles. The maximum atomic E-state index is 13.7.